The molecule has 5 heteroatoms. The Morgan fingerprint density at radius 1 is 1.15 bits per heavy atom. The second-order valence-corrected chi connectivity index (χ2v) is 6.62. The largest absolute Gasteiger partial charge is 0.480 e. The molecule has 0 fully saturated rings. The van der Waals surface area contributed by atoms with Gasteiger partial charge in [0.2, 0.25) is 0 Å². The quantitative estimate of drug-likeness (QED) is 0.767. The average molecular weight is 348 g/mol. The number of hydrogen-bond donors (Lipinski definition) is 1. The highest BCUT2D eigenvalue weighted by atomic mass is 19.1. The minimum atomic E-state index is -1.21. The average Bonchev–Trinajstić information content (AvgIpc) is 3.10. The first-order valence-corrected chi connectivity index (χ1v) is 8.43. The van der Waals surface area contributed by atoms with Crippen molar-refractivity contribution in [2.75, 3.05) is 0 Å². The summed E-state index contributed by atoms with van der Waals surface area (Å²) in [6, 6.07) is 10.4. The number of hydrogen-bond acceptors (Lipinski definition) is 3. The highest BCUT2D eigenvalue weighted by Gasteiger charge is 2.43. The Morgan fingerprint density at radius 3 is 2.69 bits per heavy atom. The number of aromatic nitrogens is 2. The Hall–Kier alpha value is -3.08. The van der Waals surface area contributed by atoms with Crippen LogP contribution in [0.3, 0.4) is 0 Å². The van der Waals surface area contributed by atoms with Gasteiger partial charge in [-0.05, 0) is 60.2 Å². The van der Waals surface area contributed by atoms with Gasteiger partial charge in [-0.2, -0.15) is 0 Å². The summed E-state index contributed by atoms with van der Waals surface area (Å²) in [5.41, 5.74) is 3.11. The summed E-state index contributed by atoms with van der Waals surface area (Å²) in [6.07, 6.45) is 6.05. The van der Waals surface area contributed by atoms with E-state index >= 15 is 0 Å². The van der Waals surface area contributed by atoms with Gasteiger partial charge >= 0.3 is 5.97 Å². The van der Waals surface area contributed by atoms with Gasteiger partial charge in [0.1, 0.15) is 11.2 Å². The van der Waals surface area contributed by atoms with E-state index < -0.39 is 11.4 Å². The summed E-state index contributed by atoms with van der Waals surface area (Å²) in [5.74, 6) is -1.34. The predicted octanol–water partition coefficient (Wildman–Crippen LogP) is 4.28. The van der Waals surface area contributed by atoms with Crippen molar-refractivity contribution in [3.8, 4) is 0 Å². The van der Waals surface area contributed by atoms with Crippen LogP contribution in [0.15, 0.2) is 54.9 Å². The SMILES string of the molecule is Cc1c(F)cccc1C1(C(=O)O)C=C(c2ccc3nccnc3c2)CC1. The lowest BCUT2D eigenvalue weighted by molar-refractivity contribution is -0.141. The molecule has 1 aliphatic carbocycles. The Labute approximate surface area is 150 Å². The highest BCUT2D eigenvalue weighted by Crippen LogP contribution is 2.44. The van der Waals surface area contributed by atoms with Gasteiger partial charge in [0.25, 0.3) is 0 Å². The molecule has 0 amide bonds. The number of benzene rings is 2. The first kappa shape index (κ1) is 16.4. The Balaban J connectivity index is 1.84. The number of allylic oxidation sites excluding steroid dienone is 1. The maximum absolute atomic E-state index is 14.0. The van der Waals surface area contributed by atoms with E-state index in [1.165, 1.54) is 6.07 Å². The molecule has 0 radical (unpaired) electrons. The minimum Gasteiger partial charge on any atom is -0.480 e. The molecule has 1 N–H and O–H groups in total. The van der Waals surface area contributed by atoms with Gasteiger partial charge in [-0.15, -0.1) is 0 Å². The van der Waals surface area contributed by atoms with Crippen molar-refractivity contribution in [1.29, 1.82) is 0 Å². The fourth-order valence-electron chi connectivity index (χ4n) is 3.75. The predicted molar refractivity (Wildman–Crippen MR) is 97.2 cm³/mol. The van der Waals surface area contributed by atoms with Crippen LogP contribution in [0.2, 0.25) is 0 Å². The summed E-state index contributed by atoms with van der Waals surface area (Å²) >= 11 is 0. The molecule has 2 aromatic carbocycles. The smallest absolute Gasteiger partial charge is 0.318 e. The summed E-state index contributed by atoms with van der Waals surface area (Å²) in [7, 11) is 0. The molecule has 4 rings (SSSR count). The van der Waals surface area contributed by atoms with Crippen LogP contribution in [0.1, 0.15) is 29.5 Å². The van der Waals surface area contributed by atoms with Gasteiger partial charge in [0, 0.05) is 12.4 Å². The first-order valence-electron chi connectivity index (χ1n) is 8.43. The van der Waals surface area contributed by atoms with Gasteiger partial charge in [-0.3, -0.25) is 14.8 Å². The molecule has 1 heterocycles. The zero-order chi connectivity index (χ0) is 18.3. The van der Waals surface area contributed by atoms with Crippen LogP contribution in [-0.2, 0) is 10.2 Å². The van der Waals surface area contributed by atoms with E-state index in [0.29, 0.717) is 24.0 Å². The maximum Gasteiger partial charge on any atom is 0.318 e. The van der Waals surface area contributed by atoms with Crippen LogP contribution >= 0.6 is 0 Å². The Kier molecular flexibility index (Phi) is 3.80. The van der Waals surface area contributed by atoms with Crippen LogP contribution in [-0.4, -0.2) is 21.0 Å². The topological polar surface area (TPSA) is 63.1 Å². The summed E-state index contributed by atoms with van der Waals surface area (Å²) in [6.45, 7) is 1.63. The number of fused-ring (bicyclic) bond motifs is 1. The van der Waals surface area contributed by atoms with E-state index in [1.807, 2.05) is 18.2 Å². The number of carboxylic acid groups (broad SMARTS) is 1. The van der Waals surface area contributed by atoms with E-state index in [0.717, 1.165) is 22.2 Å². The summed E-state index contributed by atoms with van der Waals surface area (Å²) < 4.78 is 14.0. The fourth-order valence-corrected chi connectivity index (χ4v) is 3.75. The van der Waals surface area contributed by atoms with E-state index in [9.17, 15) is 14.3 Å². The number of aliphatic carboxylic acids is 1. The molecule has 26 heavy (non-hydrogen) atoms. The molecule has 0 spiro atoms. The molecule has 3 aromatic rings. The van der Waals surface area contributed by atoms with Crippen LogP contribution in [0.4, 0.5) is 4.39 Å². The molecular weight excluding hydrogens is 331 g/mol. The number of rotatable bonds is 3. The van der Waals surface area contributed by atoms with E-state index in [2.05, 4.69) is 9.97 Å². The van der Waals surface area contributed by atoms with Gasteiger partial charge in [0.05, 0.1) is 11.0 Å². The van der Waals surface area contributed by atoms with Crippen LogP contribution in [0, 0.1) is 12.7 Å². The first-order chi connectivity index (χ1) is 12.5. The second-order valence-electron chi connectivity index (χ2n) is 6.62. The van der Waals surface area contributed by atoms with Gasteiger partial charge in [-0.25, -0.2) is 4.39 Å². The Bertz CT molecular complexity index is 1060. The second kappa shape index (κ2) is 6.02. The number of halogens is 1. The molecule has 0 saturated carbocycles. The number of carboxylic acids is 1. The minimum absolute atomic E-state index is 0.383. The van der Waals surface area contributed by atoms with Crippen molar-refractivity contribution in [3.05, 3.63) is 77.4 Å². The number of nitrogens with zero attached hydrogens (tertiary/aromatic N) is 2. The zero-order valence-electron chi connectivity index (χ0n) is 14.2. The third-order valence-electron chi connectivity index (χ3n) is 5.18. The van der Waals surface area contributed by atoms with Crippen molar-refractivity contribution < 1.29 is 14.3 Å². The molecule has 0 aliphatic heterocycles. The lowest BCUT2D eigenvalue weighted by Crippen LogP contribution is -2.32. The summed E-state index contributed by atoms with van der Waals surface area (Å²) in [4.78, 5) is 20.8. The highest BCUT2D eigenvalue weighted by molar-refractivity contribution is 5.91. The van der Waals surface area contributed by atoms with Gasteiger partial charge in [0.15, 0.2) is 0 Å². The van der Waals surface area contributed by atoms with Crippen molar-refractivity contribution in [1.82, 2.24) is 9.97 Å². The molecule has 130 valence electrons. The molecule has 1 unspecified atom stereocenters. The monoisotopic (exact) mass is 348 g/mol. The zero-order valence-corrected chi connectivity index (χ0v) is 14.2. The molecular formula is C21H17FN2O2. The van der Waals surface area contributed by atoms with E-state index in [1.54, 1.807) is 37.5 Å². The normalized spacial score (nSPS) is 19.5. The van der Waals surface area contributed by atoms with E-state index in [-0.39, 0.29) is 5.82 Å². The van der Waals surface area contributed by atoms with Crippen molar-refractivity contribution in [2.24, 2.45) is 0 Å². The molecule has 1 aromatic heterocycles. The third kappa shape index (κ3) is 2.47. The van der Waals surface area contributed by atoms with Crippen molar-refractivity contribution in [2.45, 2.75) is 25.2 Å². The molecule has 0 bridgehead atoms. The van der Waals surface area contributed by atoms with Crippen LogP contribution in [0.25, 0.3) is 16.6 Å². The standard InChI is InChI=1S/C21H17FN2O2/c1-13-16(3-2-4-17(13)22)21(20(25)26)8-7-15(12-21)14-5-6-18-19(11-14)24-10-9-23-18/h2-6,9-12H,7-8H2,1H3,(H,25,26). The van der Waals surface area contributed by atoms with E-state index in [4.69, 9.17) is 0 Å². The number of carbonyl (C=O) groups is 1. The van der Waals surface area contributed by atoms with Crippen molar-refractivity contribution in [3.63, 3.8) is 0 Å². The van der Waals surface area contributed by atoms with Gasteiger partial charge < -0.3 is 5.11 Å². The summed E-state index contributed by atoms with van der Waals surface area (Å²) in [5, 5.41) is 9.98. The molecule has 1 atom stereocenters. The maximum atomic E-state index is 14.0. The van der Waals surface area contributed by atoms with Crippen LogP contribution < -0.4 is 0 Å². The Morgan fingerprint density at radius 2 is 1.92 bits per heavy atom. The molecule has 0 saturated heterocycles. The van der Waals surface area contributed by atoms with Gasteiger partial charge in [-0.1, -0.05) is 24.3 Å². The fraction of sp³-hybridized carbons (Fsp3) is 0.190. The van der Waals surface area contributed by atoms with Crippen LogP contribution in [0.5, 0.6) is 0 Å². The lowest BCUT2D eigenvalue weighted by atomic mass is 9.78. The molecule has 1 aliphatic rings. The third-order valence-corrected chi connectivity index (χ3v) is 5.18. The van der Waals surface area contributed by atoms with Crippen molar-refractivity contribution >= 4 is 22.6 Å². The molecule has 4 nitrogen and oxygen atoms in total. The lowest BCUT2D eigenvalue weighted by Gasteiger charge is -2.24.